The minimum atomic E-state index is -3.54. The van der Waals surface area contributed by atoms with Crippen LogP contribution in [-0.4, -0.2) is 118 Å². The Morgan fingerprint density at radius 1 is 0.476 bits per heavy atom. The van der Waals surface area contributed by atoms with Gasteiger partial charge in [-0.2, -0.15) is 5.10 Å². The number of ether oxygens (including phenoxy) is 5. The highest BCUT2D eigenvalue weighted by atomic mass is 32.2. The lowest BCUT2D eigenvalue weighted by atomic mass is 10.2. The van der Waals surface area contributed by atoms with E-state index in [9.17, 15) is 8.42 Å². The molecule has 0 aliphatic rings. The molecular formula is C75H65N13O8S9. The van der Waals surface area contributed by atoms with Gasteiger partial charge in [0, 0.05) is 28.1 Å². The largest absolute Gasteiger partial charge is 0.495 e. The van der Waals surface area contributed by atoms with Crippen LogP contribution in [0.25, 0.3) is 86.6 Å². The van der Waals surface area contributed by atoms with E-state index in [1.54, 1.807) is 102 Å². The third kappa shape index (κ3) is 17.7. The van der Waals surface area contributed by atoms with Crippen LogP contribution in [0.5, 0.6) is 29.0 Å². The number of thiazole rings is 2. The highest BCUT2D eigenvalue weighted by molar-refractivity contribution is 7.98. The highest BCUT2D eigenvalue weighted by Gasteiger charge is 2.26. The maximum atomic E-state index is 12.0. The van der Waals surface area contributed by atoms with E-state index in [4.69, 9.17) is 46.0 Å². The number of aliphatic hydroxyl groups excluding tert-OH is 1. The maximum Gasteiger partial charge on any atom is 0.302 e. The van der Waals surface area contributed by atoms with Gasteiger partial charge in [-0.05, 0) is 113 Å². The number of sulfone groups is 1. The Balaban J connectivity index is 0.000000126. The standard InChI is InChI=1S/C24H19N3O2S2.C14H13N3O3S2.C14H13N3OS2.C13H11N3OS2.C10H9NOS/c1-28-21-11-6-5-10-19(21)27-20(22-12-7-13-30-22)14-25-24(27)29-15-18-16-31-23(26-18)17-8-3-2-4-9-17;1-20-11-7-4-3-6-10(11)17-13(12-8-5-9-21-12)15-16-14(17)22(2,18)19;1-18-11-7-4-3-6-10(11)17-13(12-8-5-9-20-12)15-16-14(17)19-2;1-17-10-6-3-2-5-9(10)16-12(14-15-13(16)18)11-7-4-8-19-11;12-6-9-7-13-10(11-9)8-4-2-1-3-5-8/h2-14,16H,15H2,1H3;3-9H,1-2H3;3-9H,1-2H3;2-8H,1H3,(H,15,18);1-5,7,12H,6H2. The SMILES string of the molecule is COc1ccccc1-n1c(-c2cccs2)cnc1OCc1csc(-c2ccccc2)n1.COc1ccccc1-n1c(-c2cccs2)n[nH]c1=S.COc1ccccc1-n1c(-c2cccs2)nnc1S(C)(=O)=O.COc1ccccc1-n1c(SC)nnc1-c1cccs1.OCc1csc(-c2ccccc2)n1. The van der Waals surface area contributed by atoms with Crippen LogP contribution in [-0.2, 0) is 23.1 Å². The second-order valence-corrected chi connectivity index (χ2v) is 30.3. The van der Waals surface area contributed by atoms with Gasteiger partial charge in [-0.25, -0.2) is 23.4 Å². The number of H-pyrrole nitrogens is 1. The molecular weight excluding hydrogens is 1500 g/mol. The summed E-state index contributed by atoms with van der Waals surface area (Å²) in [4.78, 5) is 17.6. The third-order valence-electron chi connectivity index (χ3n) is 15.1. The molecule has 0 fully saturated rings. The molecule has 30 heteroatoms. The molecule has 0 amide bonds. The number of thiophene rings is 4. The first-order valence-electron chi connectivity index (χ1n) is 31.7. The van der Waals surface area contributed by atoms with Crippen molar-refractivity contribution in [2.75, 3.05) is 41.0 Å². The van der Waals surface area contributed by atoms with Gasteiger partial charge >= 0.3 is 6.01 Å². The third-order valence-corrected chi connectivity index (χ3v) is 22.3. The second-order valence-electron chi connectivity index (χ2n) is 21.8. The molecule has 0 spiro atoms. The van der Waals surface area contributed by atoms with Crippen LogP contribution in [0.2, 0.25) is 0 Å². The molecule has 0 saturated heterocycles. The van der Waals surface area contributed by atoms with Gasteiger partial charge < -0.3 is 28.8 Å². The Labute approximate surface area is 638 Å². The Hall–Kier alpha value is -10.5. The van der Waals surface area contributed by atoms with Crippen molar-refractivity contribution in [3.8, 4) is 116 Å². The van der Waals surface area contributed by atoms with E-state index in [0.29, 0.717) is 34.6 Å². The number of thioether (sulfide) groups is 1. The van der Waals surface area contributed by atoms with Crippen molar-refractivity contribution < 1.29 is 37.2 Å². The smallest absolute Gasteiger partial charge is 0.302 e. The number of imidazole rings is 1. The average molecular weight is 1570 g/mol. The van der Waals surface area contributed by atoms with Gasteiger partial charge in [0.15, 0.2) is 27.4 Å². The first-order valence-corrected chi connectivity index (χ1v) is 40.5. The fourth-order valence-corrected chi connectivity index (χ4v) is 16.3. The molecule has 0 radical (unpaired) electrons. The van der Waals surface area contributed by atoms with Crippen LogP contribution in [0.4, 0.5) is 0 Å². The van der Waals surface area contributed by atoms with E-state index in [1.165, 1.54) is 23.0 Å². The molecule has 6 aromatic carbocycles. The van der Waals surface area contributed by atoms with Crippen molar-refractivity contribution in [3.63, 3.8) is 0 Å². The minimum Gasteiger partial charge on any atom is -0.495 e. The zero-order valence-corrected chi connectivity index (χ0v) is 64.3. The second kappa shape index (κ2) is 35.8. The van der Waals surface area contributed by atoms with Gasteiger partial charge in [0.05, 0.1) is 101 Å². The fraction of sp³-hybridized carbons (Fsp3) is 0.107. The van der Waals surface area contributed by atoms with Crippen LogP contribution < -0.4 is 23.7 Å². The lowest BCUT2D eigenvalue weighted by molar-refractivity contribution is 0.272. The van der Waals surface area contributed by atoms with Gasteiger partial charge in [-0.3, -0.25) is 23.4 Å². The van der Waals surface area contributed by atoms with E-state index < -0.39 is 9.84 Å². The van der Waals surface area contributed by atoms with Crippen molar-refractivity contribution in [2.24, 2.45) is 0 Å². The molecule has 0 atom stereocenters. The van der Waals surface area contributed by atoms with Crippen LogP contribution in [0.1, 0.15) is 11.4 Å². The average Bonchev–Trinajstić information content (AvgIpc) is 1.64. The van der Waals surface area contributed by atoms with Crippen molar-refractivity contribution in [1.29, 1.82) is 0 Å². The number of aromatic nitrogens is 13. The van der Waals surface area contributed by atoms with Crippen LogP contribution in [0, 0.1) is 4.77 Å². The van der Waals surface area contributed by atoms with Crippen molar-refractivity contribution in [3.05, 3.63) is 261 Å². The Morgan fingerprint density at radius 2 is 0.895 bits per heavy atom. The monoisotopic (exact) mass is 1560 g/mol. The highest BCUT2D eigenvalue weighted by Crippen LogP contribution is 2.39. The van der Waals surface area contributed by atoms with Crippen LogP contribution in [0.15, 0.2) is 255 Å². The number of para-hydroxylation sites is 8. The van der Waals surface area contributed by atoms with Gasteiger partial charge in [0.2, 0.25) is 9.84 Å². The van der Waals surface area contributed by atoms with E-state index >= 15 is 0 Å². The number of hydrogen-bond acceptors (Lipinski definition) is 24. The number of hydrogen-bond donors (Lipinski definition) is 2. The predicted octanol–water partition coefficient (Wildman–Crippen LogP) is 18.4. The molecule has 2 N–H and O–H groups in total. The topological polar surface area (TPSA) is 239 Å². The summed E-state index contributed by atoms with van der Waals surface area (Å²) in [6.45, 7) is 0.350. The molecule has 10 aromatic heterocycles. The number of methoxy groups -OCH3 is 4. The summed E-state index contributed by atoms with van der Waals surface area (Å²) >= 11 is 16.5. The summed E-state index contributed by atoms with van der Waals surface area (Å²) in [5.41, 5.74) is 8.07. The molecule has 0 bridgehead atoms. The number of aromatic amines is 1. The molecule has 105 heavy (non-hydrogen) atoms. The number of aliphatic hydroxyl groups is 1. The number of nitrogens with one attached hydrogen (secondary N) is 1. The zero-order chi connectivity index (χ0) is 73.1. The van der Waals surface area contributed by atoms with Gasteiger partial charge in [-0.15, -0.1) is 88.4 Å². The first kappa shape index (κ1) is 74.2. The van der Waals surface area contributed by atoms with Gasteiger partial charge in [0.25, 0.3) is 5.16 Å². The van der Waals surface area contributed by atoms with Gasteiger partial charge in [-0.1, -0.05) is 145 Å². The summed E-state index contributed by atoms with van der Waals surface area (Å²) in [5.74, 6) is 4.98. The Morgan fingerprint density at radius 3 is 1.35 bits per heavy atom. The van der Waals surface area contributed by atoms with E-state index in [2.05, 4.69) is 64.1 Å². The van der Waals surface area contributed by atoms with Gasteiger partial charge in [0.1, 0.15) is 39.6 Å². The number of rotatable bonds is 20. The maximum absolute atomic E-state index is 12.0. The summed E-state index contributed by atoms with van der Waals surface area (Å²) in [7, 11) is 2.99. The van der Waals surface area contributed by atoms with Crippen LogP contribution in [0.3, 0.4) is 0 Å². The molecule has 532 valence electrons. The summed E-state index contributed by atoms with van der Waals surface area (Å²) in [6.07, 6.45) is 4.94. The fourth-order valence-electron chi connectivity index (χ4n) is 10.4. The molecule has 21 nitrogen and oxygen atoms in total. The van der Waals surface area contributed by atoms with E-state index in [1.807, 2.05) is 229 Å². The number of nitrogens with zero attached hydrogens (tertiary/aromatic N) is 12. The van der Waals surface area contributed by atoms with E-state index in [-0.39, 0.29) is 11.8 Å². The first-order chi connectivity index (χ1) is 51.4. The predicted molar refractivity (Wildman–Crippen MR) is 425 cm³/mol. The number of benzene rings is 6. The quantitative estimate of drug-likeness (QED) is 0.0532. The van der Waals surface area contributed by atoms with Crippen molar-refractivity contribution in [2.45, 2.75) is 23.5 Å². The summed E-state index contributed by atoms with van der Waals surface area (Å²) in [6, 6.07) is 67.2. The zero-order valence-electron chi connectivity index (χ0n) is 56.9. The Kier molecular flexibility index (Phi) is 25.3. The Bertz CT molecular complexity index is 5560. The molecule has 16 aromatic rings. The molecule has 0 aliphatic carbocycles. The summed E-state index contributed by atoms with van der Waals surface area (Å²) < 4.78 is 60.0. The lowest BCUT2D eigenvalue weighted by Crippen LogP contribution is -2.09. The van der Waals surface area contributed by atoms with Crippen LogP contribution >= 0.6 is 92.0 Å². The van der Waals surface area contributed by atoms with Crippen molar-refractivity contribution in [1.82, 2.24) is 63.8 Å². The van der Waals surface area contributed by atoms with E-state index in [0.717, 1.165) is 115 Å². The molecule has 0 unspecified atom stereocenters. The molecule has 10 heterocycles. The minimum absolute atomic E-state index is 0.0172. The molecule has 0 saturated carbocycles. The summed E-state index contributed by atoms with van der Waals surface area (Å²) in [5, 5.41) is 47.1. The normalized spacial score (nSPS) is 10.8. The lowest BCUT2D eigenvalue weighted by Gasteiger charge is -2.14. The molecule has 16 rings (SSSR count). The van der Waals surface area contributed by atoms with Crippen molar-refractivity contribution >= 4 is 102 Å². The molecule has 0 aliphatic heterocycles.